The van der Waals surface area contributed by atoms with E-state index in [1.807, 2.05) is 0 Å². The smallest absolute Gasteiger partial charge is 0.123 e. The zero-order chi connectivity index (χ0) is 17.6. The number of phenolic OH excluding ortho intramolecular Hbond substituents is 1. The molecule has 1 aromatic carbocycles. The van der Waals surface area contributed by atoms with Gasteiger partial charge in [0.25, 0.3) is 0 Å². The fourth-order valence-electron chi connectivity index (χ4n) is 6.02. The number of hydrogen-bond donors (Lipinski definition) is 2. The Morgan fingerprint density at radius 2 is 1.88 bits per heavy atom. The second-order valence-corrected chi connectivity index (χ2v) is 8.55. The van der Waals surface area contributed by atoms with Crippen LogP contribution in [0.5, 0.6) is 5.75 Å². The van der Waals surface area contributed by atoms with E-state index < -0.39 is 0 Å². The fraction of sp³-hybridized carbons (Fsp3) is 0.727. The summed E-state index contributed by atoms with van der Waals surface area (Å²) in [7, 11) is 0. The van der Waals surface area contributed by atoms with Gasteiger partial charge in [0, 0.05) is 24.2 Å². The molecule has 3 heteroatoms. The summed E-state index contributed by atoms with van der Waals surface area (Å²) in [6.07, 6.45) is 7.93. The Balaban J connectivity index is 1.63. The zero-order valence-corrected chi connectivity index (χ0v) is 16.1. The van der Waals surface area contributed by atoms with E-state index in [1.54, 1.807) is 0 Å². The predicted molar refractivity (Wildman–Crippen MR) is 103 cm³/mol. The molecule has 1 aliphatic heterocycles. The molecule has 1 heterocycles. The first-order chi connectivity index (χ1) is 12.1. The average molecular weight is 343 g/mol. The molecular weight excluding hydrogens is 308 g/mol. The lowest BCUT2D eigenvalue weighted by atomic mass is 9.77. The van der Waals surface area contributed by atoms with Crippen LogP contribution < -0.4 is 5.32 Å². The fourth-order valence-corrected chi connectivity index (χ4v) is 6.02. The Morgan fingerprint density at radius 1 is 1.08 bits per heavy atom. The Hall–Kier alpha value is -1.06. The van der Waals surface area contributed by atoms with Gasteiger partial charge in [0.15, 0.2) is 0 Å². The molecule has 0 amide bonds. The zero-order valence-electron chi connectivity index (χ0n) is 16.1. The summed E-state index contributed by atoms with van der Waals surface area (Å²) in [5.41, 5.74) is 5.15. The van der Waals surface area contributed by atoms with Crippen molar-refractivity contribution in [3.8, 4) is 5.75 Å². The number of likely N-dealkylation sites (tertiary alicyclic amines) is 1. The van der Waals surface area contributed by atoms with Crippen molar-refractivity contribution < 1.29 is 5.11 Å². The minimum atomic E-state index is 0.346. The van der Waals surface area contributed by atoms with E-state index in [9.17, 15) is 5.11 Å². The second kappa shape index (κ2) is 6.92. The molecule has 1 saturated carbocycles. The molecule has 1 saturated heterocycles. The van der Waals surface area contributed by atoms with E-state index in [-0.39, 0.29) is 0 Å². The number of hydrogen-bond acceptors (Lipinski definition) is 3. The maximum Gasteiger partial charge on any atom is 0.123 e. The van der Waals surface area contributed by atoms with Crippen LogP contribution in [-0.2, 0) is 0 Å². The van der Waals surface area contributed by atoms with Gasteiger partial charge in [0.05, 0.1) is 0 Å². The SMILES string of the molecule is CCN1CCCC1CNC1c2c(O)c(C)cc(C)c2C2CCCCC21. The van der Waals surface area contributed by atoms with Crippen molar-refractivity contribution in [1.82, 2.24) is 10.2 Å². The molecule has 25 heavy (non-hydrogen) atoms. The molecule has 2 aliphatic carbocycles. The highest BCUT2D eigenvalue weighted by Crippen LogP contribution is 2.56. The average Bonchev–Trinajstić information content (AvgIpc) is 3.20. The first-order valence-corrected chi connectivity index (χ1v) is 10.4. The topological polar surface area (TPSA) is 35.5 Å². The number of rotatable bonds is 4. The lowest BCUT2D eigenvalue weighted by Crippen LogP contribution is -2.40. The summed E-state index contributed by atoms with van der Waals surface area (Å²) in [4.78, 5) is 2.61. The Labute approximate surface area is 152 Å². The van der Waals surface area contributed by atoms with Crippen molar-refractivity contribution in [2.75, 3.05) is 19.6 Å². The standard InChI is InChI=1S/C22H34N2O/c1-4-24-11-7-8-16(24)13-23-21-18-10-6-5-9-17(18)19-14(2)12-15(3)22(25)20(19)21/h12,16-18,21,23,25H,4-11,13H2,1-3H3. The summed E-state index contributed by atoms with van der Waals surface area (Å²) in [6, 6.07) is 3.21. The van der Waals surface area contributed by atoms with Crippen LogP contribution in [-0.4, -0.2) is 35.7 Å². The summed E-state index contributed by atoms with van der Waals surface area (Å²) in [5, 5.41) is 14.8. The number of nitrogens with zero attached hydrogens (tertiary/aromatic N) is 1. The third-order valence-corrected chi connectivity index (χ3v) is 7.18. The normalized spacial score (nSPS) is 32.0. The lowest BCUT2D eigenvalue weighted by molar-refractivity contribution is 0.222. The molecule has 0 radical (unpaired) electrons. The highest BCUT2D eigenvalue weighted by molar-refractivity contribution is 5.55. The highest BCUT2D eigenvalue weighted by atomic mass is 16.3. The van der Waals surface area contributed by atoms with Crippen molar-refractivity contribution in [1.29, 1.82) is 0 Å². The van der Waals surface area contributed by atoms with Crippen molar-refractivity contribution in [3.05, 3.63) is 28.3 Å². The van der Waals surface area contributed by atoms with E-state index in [2.05, 4.69) is 37.1 Å². The molecule has 3 nitrogen and oxygen atoms in total. The van der Waals surface area contributed by atoms with Crippen LogP contribution >= 0.6 is 0 Å². The second-order valence-electron chi connectivity index (χ2n) is 8.55. The van der Waals surface area contributed by atoms with Crippen LogP contribution in [0.25, 0.3) is 0 Å². The van der Waals surface area contributed by atoms with E-state index in [0.717, 1.165) is 18.7 Å². The number of nitrogens with one attached hydrogen (secondary N) is 1. The van der Waals surface area contributed by atoms with Crippen LogP contribution in [0.15, 0.2) is 6.07 Å². The maximum absolute atomic E-state index is 10.9. The first-order valence-electron chi connectivity index (χ1n) is 10.4. The van der Waals surface area contributed by atoms with Crippen LogP contribution in [0.2, 0.25) is 0 Å². The van der Waals surface area contributed by atoms with Crippen molar-refractivity contribution >= 4 is 0 Å². The van der Waals surface area contributed by atoms with Crippen LogP contribution in [0, 0.1) is 19.8 Å². The summed E-state index contributed by atoms with van der Waals surface area (Å²) in [6.45, 7) is 10.0. The summed E-state index contributed by atoms with van der Waals surface area (Å²) < 4.78 is 0. The molecule has 4 rings (SSSR count). The van der Waals surface area contributed by atoms with Gasteiger partial charge >= 0.3 is 0 Å². The van der Waals surface area contributed by atoms with Crippen LogP contribution in [0.3, 0.4) is 0 Å². The Kier molecular flexibility index (Phi) is 4.81. The van der Waals surface area contributed by atoms with E-state index in [1.165, 1.54) is 61.8 Å². The lowest BCUT2D eigenvalue weighted by Gasteiger charge is -2.32. The van der Waals surface area contributed by atoms with Gasteiger partial charge in [0.1, 0.15) is 5.75 Å². The van der Waals surface area contributed by atoms with Gasteiger partial charge in [-0.15, -0.1) is 0 Å². The van der Waals surface area contributed by atoms with Gasteiger partial charge < -0.3 is 10.4 Å². The minimum absolute atomic E-state index is 0.346. The quantitative estimate of drug-likeness (QED) is 0.851. The molecule has 3 aliphatic rings. The molecule has 4 unspecified atom stereocenters. The molecule has 4 atom stereocenters. The van der Waals surface area contributed by atoms with E-state index >= 15 is 0 Å². The molecule has 0 spiro atoms. The number of aryl methyl sites for hydroxylation is 2. The van der Waals surface area contributed by atoms with Gasteiger partial charge in [-0.05, 0) is 81.1 Å². The highest BCUT2D eigenvalue weighted by Gasteiger charge is 2.44. The molecule has 0 bridgehead atoms. The minimum Gasteiger partial charge on any atom is -0.507 e. The number of fused-ring (bicyclic) bond motifs is 3. The summed E-state index contributed by atoms with van der Waals surface area (Å²) >= 11 is 0. The molecule has 2 N–H and O–H groups in total. The van der Waals surface area contributed by atoms with Crippen LogP contribution in [0.4, 0.5) is 0 Å². The van der Waals surface area contributed by atoms with Gasteiger partial charge in [-0.25, -0.2) is 0 Å². The van der Waals surface area contributed by atoms with Gasteiger partial charge in [-0.2, -0.15) is 0 Å². The first kappa shape index (κ1) is 17.4. The molecule has 0 aromatic heterocycles. The van der Waals surface area contributed by atoms with Crippen LogP contribution in [0.1, 0.15) is 79.7 Å². The summed E-state index contributed by atoms with van der Waals surface area (Å²) in [5.74, 6) is 1.89. The largest absolute Gasteiger partial charge is 0.507 e. The van der Waals surface area contributed by atoms with Gasteiger partial charge in [0.2, 0.25) is 0 Å². The van der Waals surface area contributed by atoms with E-state index in [0.29, 0.717) is 29.7 Å². The third-order valence-electron chi connectivity index (χ3n) is 7.18. The molecule has 2 fully saturated rings. The molecule has 1 aromatic rings. The number of benzene rings is 1. The predicted octanol–water partition coefficient (Wildman–Crippen LogP) is 4.41. The molecule has 138 valence electrons. The Morgan fingerprint density at radius 3 is 2.68 bits per heavy atom. The number of phenols is 1. The van der Waals surface area contributed by atoms with Crippen molar-refractivity contribution in [2.24, 2.45) is 5.92 Å². The molecular formula is C22H34N2O. The van der Waals surface area contributed by atoms with Crippen molar-refractivity contribution in [3.63, 3.8) is 0 Å². The maximum atomic E-state index is 10.9. The number of likely N-dealkylation sites (N-methyl/N-ethyl adjacent to an activating group) is 1. The van der Waals surface area contributed by atoms with E-state index in [4.69, 9.17) is 0 Å². The van der Waals surface area contributed by atoms with Crippen molar-refractivity contribution in [2.45, 2.75) is 77.3 Å². The van der Waals surface area contributed by atoms with Gasteiger partial charge in [-0.3, -0.25) is 4.90 Å². The monoisotopic (exact) mass is 342 g/mol. The third kappa shape index (κ3) is 2.90. The number of aromatic hydroxyl groups is 1. The Bertz CT molecular complexity index is 641. The van der Waals surface area contributed by atoms with Gasteiger partial charge in [-0.1, -0.05) is 25.8 Å².